The molecular formula is C16H12N4O2. The Kier molecular flexibility index (Phi) is 4.06. The van der Waals surface area contributed by atoms with Crippen molar-refractivity contribution in [2.75, 3.05) is 0 Å². The molecule has 0 unspecified atom stereocenters. The van der Waals surface area contributed by atoms with Crippen LogP contribution < -0.4 is 0 Å². The number of aromatic nitrogens is 1. The maximum Gasteiger partial charge on any atom is 0.269 e. The lowest BCUT2D eigenvalue weighted by Crippen LogP contribution is -1.93. The number of nitriles is 2. The Morgan fingerprint density at radius 3 is 2.41 bits per heavy atom. The molecule has 0 spiro atoms. The molecule has 2 rings (SSSR count). The number of hydrogen-bond acceptors (Lipinski definition) is 4. The zero-order chi connectivity index (χ0) is 16.3. The summed E-state index contributed by atoms with van der Waals surface area (Å²) in [7, 11) is 1.78. The van der Waals surface area contributed by atoms with Crippen LogP contribution in [-0.4, -0.2) is 9.49 Å². The van der Waals surface area contributed by atoms with Crippen LogP contribution in [0.2, 0.25) is 0 Å². The first-order valence-corrected chi connectivity index (χ1v) is 6.41. The molecular weight excluding hydrogens is 280 g/mol. The van der Waals surface area contributed by atoms with Crippen LogP contribution >= 0.6 is 0 Å². The van der Waals surface area contributed by atoms with Crippen molar-refractivity contribution in [1.82, 2.24) is 4.57 Å². The third-order valence-electron chi connectivity index (χ3n) is 3.50. The van der Waals surface area contributed by atoms with Crippen molar-refractivity contribution in [2.45, 2.75) is 6.92 Å². The highest BCUT2D eigenvalue weighted by Gasteiger charge is 2.10. The van der Waals surface area contributed by atoms with Crippen LogP contribution in [0, 0.1) is 39.7 Å². The normalized spacial score (nSPS) is 10.8. The van der Waals surface area contributed by atoms with E-state index in [1.165, 1.54) is 24.3 Å². The van der Waals surface area contributed by atoms with Gasteiger partial charge in [-0.15, -0.1) is 0 Å². The van der Waals surface area contributed by atoms with Gasteiger partial charge in [0.2, 0.25) is 0 Å². The van der Waals surface area contributed by atoms with E-state index >= 15 is 0 Å². The third-order valence-corrected chi connectivity index (χ3v) is 3.50. The van der Waals surface area contributed by atoms with Gasteiger partial charge in [0, 0.05) is 24.9 Å². The summed E-state index contributed by atoms with van der Waals surface area (Å²) in [6.45, 7) is 1.86. The maximum absolute atomic E-state index is 10.7. The number of non-ortho nitro benzene ring substituents is 1. The lowest BCUT2D eigenvalue weighted by atomic mass is 10.0. The molecule has 2 aromatic rings. The molecule has 108 valence electrons. The van der Waals surface area contributed by atoms with Crippen molar-refractivity contribution < 1.29 is 4.92 Å². The van der Waals surface area contributed by atoms with Crippen LogP contribution in [0.3, 0.4) is 0 Å². The van der Waals surface area contributed by atoms with Crippen LogP contribution in [0.5, 0.6) is 0 Å². The maximum atomic E-state index is 10.7. The standard InChI is InChI=1S/C16H12N4O2/c1-11-13(8-16(10-18)19(11)2)7-14(9-17)12-3-5-15(6-4-12)20(21)22/h3-8H,1-2H3/b14-7-. The monoisotopic (exact) mass is 292 g/mol. The van der Waals surface area contributed by atoms with Crippen LogP contribution in [0.1, 0.15) is 22.5 Å². The summed E-state index contributed by atoms with van der Waals surface area (Å²) >= 11 is 0. The summed E-state index contributed by atoms with van der Waals surface area (Å²) in [6, 6.07) is 11.7. The molecule has 0 fully saturated rings. The molecule has 1 aromatic heterocycles. The third kappa shape index (κ3) is 2.72. The van der Waals surface area contributed by atoms with E-state index in [1.807, 2.05) is 6.92 Å². The van der Waals surface area contributed by atoms with Crippen molar-refractivity contribution in [3.05, 3.63) is 63.0 Å². The molecule has 0 aliphatic carbocycles. The Morgan fingerprint density at radius 2 is 1.95 bits per heavy atom. The molecule has 1 heterocycles. The molecule has 0 N–H and O–H groups in total. The topological polar surface area (TPSA) is 95.7 Å². The molecule has 6 nitrogen and oxygen atoms in total. The smallest absolute Gasteiger partial charge is 0.269 e. The minimum atomic E-state index is -0.486. The largest absolute Gasteiger partial charge is 0.339 e. The predicted octanol–water partition coefficient (Wildman–Crippen LogP) is 3.18. The van der Waals surface area contributed by atoms with E-state index in [-0.39, 0.29) is 5.69 Å². The highest BCUT2D eigenvalue weighted by Crippen LogP contribution is 2.23. The minimum Gasteiger partial charge on any atom is -0.339 e. The Bertz CT molecular complexity index is 846. The summed E-state index contributed by atoms with van der Waals surface area (Å²) in [6.07, 6.45) is 1.68. The average Bonchev–Trinajstić information content (AvgIpc) is 2.80. The summed E-state index contributed by atoms with van der Waals surface area (Å²) in [4.78, 5) is 10.2. The number of hydrogen-bond donors (Lipinski definition) is 0. The molecule has 0 aliphatic rings. The van der Waals surface area contributed by atoms with E-state index in [1.54, 1.807) is 23.8 Å². The van der Waals surface area contributed by atoms with Gasteiger partial charge in [-0.05, 0) is 42.3 Å². The molecule has 0 amide bonds. The zero-order valence-electron chi connectivity index (χ0n) is 12.1. The van der Waals surface area contributed by atoms with Gasteiger partial charge >= 0.3 is 0 Å². The molecule has 22 heavy (non-hydrogen) atoms. The first-order valence-electron chi connectivity index (χ1n) is 6.41. The number of nitro groups is 1. The fourth-order valence-corrected chi connectivity index (χ4v) is 2.07. The second-order valence-electron chi connectivity index (χ2n) is 4.71. The van der Waals surface area contributed by atoms with E-state index in [0.29, 0.717) is 16.8 Å². The van der Waals surface area contributed by atoms with Crippen molar-refractivity contribution in [3.8, 4) is 12.1 Å². The van der Waals surface area contributed by atoms with Crippen molar-refractivity contribution >= 4 is 17.3 Å². The van der Waals surface area contributed by atoms with Crippen molar-refractivity contribution in [2.24, 2.45) is 7.05 Å². The van der Waals surface area contributed by atoms with Gasteiger partial charge in [0.1, 0.15) is 11.8 Å². The Labute approximate surface area is 127 Å². The van der Waals surface area contributed by atoms with Gasteiger partial charge in [0.05, 0.1) is 16.6 Å². The molecule has 0 bridgehead atoms. The van der Waals surface area contributed by atoms with Gasteiger partial charge in [-0.2, -0.15) is 10.5 Å². The Hall–Kier alpha value is -3.38. The predicted molar refractivity (Wildman–Crippen MR) is 81.4 cm³/mol. The van der Waals surface area contributed by atoms with Gasteiger partial charge in [0.25, 0.3) is 5.69 Å². The van der Waals surface area contributed by atoms with Crippen LogP contribution in [0.4, 0.5) is 5.69 Å². The van der Waals surface area contributed by atoms with Gasteiger partial charge in [-0.3, -0.25) is 10.1 Å². The summed E-state index contributed by atoms with van der Waals surface area (Å²) < 4.78 is 1.75. The molecule has 0 saturated heterocycles. The molecule has 1 aromatic carbocycles. The lowest BCUT2D eigenvalue weighted by molar-refractivity contribution is -0.384. The van der Waals surface area contributed by atoms with Crippen molar-refractivity contribution in [1.29, 1.82) is 10.5 Å². The van der Waals surface area contributed by atoms with Gasteiger partial charge in [-0.1, -0.05) is 0 Å². The van der Waals surface area contributed by atoms with Crippen molar-refractivity contribution in [3.63, 3.8) is 0 Å². The highest BCUT2D eigenvalue weighted by atomic mass is 16.6. The van der Waals surface area contributed by atoms with Gasteiger partial charge in [-0.25, -0.2) is 0 Å². The summed E-state index contributed by atoms with van der Waals surface area (Å²) in [5.74, 6) is 0. The van der Waals surface area contributed by atoms with E-state index in [2.05, 4.69) is 12.1 Å². The van der Waals surface area contributed by atoms with Crippen LogP contribution in [0.15, 0.2) is 30.3 Å². The van der Waals surface area contributed by atoms with E-state index < -0.39 is 4.92 Å². The number of benzene rings is 1. The second-order valence-corrected chi connectivity index (χ2v) is 4.71. The molecule has 0 radical (unpaired) electrons. The molecule has 0 saturated carbocycles. The SMILES string of the molecule is Cc1c(/C=C(/C#N)c2ccc([N+](=O)[O-])cc2)cc(C#N)n1C. The first kappa shape index (κ1) is 15.0. The molecule has 6 heteroatoms. The van der Waals surface area contributed by atoms with E-state index in [0.717, 1.165) is 11.3 Å². The lowest BCUT2D eigenvalue weighted by Gasteiger charge is -2.01. The van der Waals surface area contributed by atoms with Crippen LogP contribution in [-0.2, 0) is 7.05 Å². The Morgan fingerprint density at radius 1 is 1.32 bits per heavy atom. The number of nitro benzene ring substituents is 1. The van der Waals surface area contributed by atoms with Gasteiger partial charge < -0.3 is 4.57 Å². The zero-order valence-corrected chi connectivity index (χ0v) is 12.1. The fourth-order valence-electron chi connectivity index (χ4n) is 2.07. The van der Waals surface area contributed by atoms with Gasteiger partial charge in [0.15, 0.2) is 0 Å². The highest BCUT2D eigenvalue weighted by molar-refractivity contribution is 5.90. The quantitative estimate of drug-likeness (QED) is 0.493. The second kappa shape index (κ2) is 5.94. The van der Waals surface area contributed by atoms with E-state index in [4.69, 9.17) is 5.26 Å². The fraction of sp³-hybridized carbons (Fsp3) is 0.125. The van der Waals surface area contributed by atoms with Crippen LogP contribution in [0.25, 0.3) is 11.6 Å². The number of allylic oxidation sites excluding steroid dienone is 1. The Balaban J connectivity index is 2.46. The number of nitrogens with zero attached hydrogens (tertiary/aromatic N) is 4. The average molecular weight is 292 g/mol. The first-order chi connectivity index (χ1) is 10.5. The summed E-state index contributed by atoms with van der Waals surface area (Å²) in [5.41, 5.74) is 3.09. The van der Waals surface area contributed by atoms with E-state index in [9.17, 15) is 15.4 Å². The minimum absolute atomic E-state index is 0.0244. The number of rotatable bonds is 3. The molecule has 0 aliphatic heterocycles. The molecule has 0 atom stereocenters. The summed E-state index contributed by atoms with van der Waals surface area (Å²) in [5, 5.41) is 29.0.